The van der Waals surface area contributed by atoms with Crippen LogP contribution in [0.15, 0.2) is 0 Å². The molecule has 0 bridgehead atoms. The van der Waals surface area contributed by atoms with E-state index >= 15 is 0 Å². The first kappa shape index (κ1) is 14.9. The summed E-state index contributed by atoms with van der Waals surface area (Å²) in [6, 6.07) is 0. The quantitative estimate of drug-likeness (QED) is 0.809. The summed E-state index contributed by atoms with van der Waals surface area (Å²) in [4.78, 5) is 22.8. The Morgan fingerprint density at radius 1 is 1.12 bits per heavy atom. The number of amides is 1. The zero-order chi connectivity index (χ0) is 13.1. The Balaban J connectivity index is 4.48. The highest BCUT2D eigenvalue weighted by molar-refractivity contribution is 5.80. The van der Waals surface area contributed by atoms with Crippen molar-refractivity contribution >= 4 is 11.9 Å². The third-order valence-corrected chi connectivity index (χ3v) is 2.52. The highest BCUT2D eigenvalue weighted by Crippen LogP contribution is 2.18. The number of nitrogens with one attached hydrogen (secondary N) is 1. The Labute approximate surface area is 97.7 Å². The van der Waals surface area contributed by atoms with E-state index in [2.05, 4.69) is 5.32 Å². The first-order valence-corrected chi connectivity index (χ1v) is 5.47. The van der Waals surface area contributed by atoms with Gasteiger partial charge in [-0.2, -0.15) is 0 Å². The van der Waals surface area contributed by atoms with E-state index in [-0.39, 0.29) is 11.7 Å². The number of hydrogen-bond acceptors (Lipinski definition) is 3. The lowest BCUT2D eigenvalue weighted by Gasteiger charge is -2.32. The van der Waals surface area contributed by atoms with Crippen molar-refractivity contribution in [2.45, 2.75) is 59.6 Å². The minimum atomic E-state index is -0.603. The smallest absolute Gasteiger partial charge is 0.408 e. The van der Waals surface area contributed by atoms with Crippen molar-refractivity contribution in [2.24, 2.45) is 5.92 Å². The van der Waals surface area contributed by atoms with Crippen LogP contribution in [0.3, 0.4) is 0 Å². The molecule has 0 rings (SSSR count). The molecule has 0 saturated carbocycles. The predicted octanol–water partition coefficient (Wildman–Crippen LogP) is 2.51. The van der Waals surface area contributed by atoms with E-state index in [1.807, 2.05) is 13.8 Å². The Morgan fingerprint density at radius 2 is 1.56 bits per heavy atom. The lowest BCUT2D eigenvalue weighted by molar-refractivity contribution is -0.122. The number of carbonyl (C=O) groups excluding carboxylic acids is 2. The molecule has 0 aromatic heterocycles. The van der Waals surface area contributed by atoms with Crippen LogP contribution in [0.1, 0.15) is 48.5 Å². The normalized spacial score (nSPS) is 14.2. The molecule has 16 heavy (non-hydrogen) atoms. The van der Waals surface area contributed by atoms with Crippen LogP contribution in [0.4, 0.5) is 4.79 Å². The molecule has 0 radical (unpaired) electrons. The minimum absolute atomic E-state index is 0.0426. The maximum atomic E-state index is 11.6. The van der Waals surface area contributed by atoms with Crippen LogP contribution in [-0.4, -0.2) is 23.0 Å². The number of ketones is 1. The predicted molar refractivity (Wildman–Crippen MR) is 63.3 cm³/mol. The van der Waals surface area contributed by atoms with Crippen LogP contribution in [0, 0.1) is 5.92 Å². The minimum Gasteiger partial charge on any atom is -0.444 e. The molecule has 0 fully saturated rings. The average molecular weight is 229 g/mol. The van der Waals surface area contributed by atoms with Crippen LogP contribution in [-0.2, 0) is 9.53 Å². The summed E-state index contributed by atoms with van der Waals surface area (Å²) in [5.41, 5.74) is -1.13. The zero-order valence-corrected chi connectivity index (χ0v) is 11.3. The van der Waals surface area contributed by atoms with Gasteiger partial charge in [0, 0.05) is 11.5 Å². The standard InChI is InChI=1S/C12H23NO3/c1-8(9(2)14)12(6,7)13-10(15)16-11(3,4)5/h8H,1-7H3,(H,13,15). The second-order valence-corrected chi connectivity index (χ2v) is 5.68. The van der Waals surface area contributed by atoms with Gasteiger partial charge >= 0.3 is 6.09 Å². The number of Topliss-reactive ketones (excluding diaryl/α,β-unsaturated/α-hetero) is 1. The van der Waals surface area contributed by atoms with Gasteiger partial charge in [0.25, 0.3) is 0 Å². The summed E-state index contributed by atoms with van der Waals surface area (Å²) in [5, 5.41) is 2.71. The Hall–Kier alpha value is -1.06. The van der Waals surface area contributed by atoms with Gasteiger partial charge in [0.2, 0.25) is 0 Å². The van der Waals surface area contributed by atoms with Gasteiger partial charge in [-0.1, -0.05) is 6.92 Å². The first-order valence-electron chi connectivity index (χ1n) is 5.47. The molecule has 4 heteroatoms. The van der Waals surface area contributed by atoms with Crippen LogP contribution in [0.5, 0.6) is 0 Å². The van der Waals surface area contributed by atoms with Gasteiger partial charge in [-0.15, -0.1) is 0 Å². The summed E-state index contributed by atoms with van der Waals surface area (Å²) >= 11 is 0. The molecule has 0 aromatic rings. The molecule has 1 amide bonds. The lowest BCUT2D eigenvalue weighted by atomic mass is 9.86. The summed E-state index contributed by atoms with van der Waals surface area (Å²) in [6.07, 6.45) is -0.495. The second kappa shape index (κ2) is 4.85. The molecular weight excluding hydrogens is 206 g/mol. The third-order valence-electron chi connectivity index (χ3n) is 2.52. The molecule has 1 N–H and O–H groups in total. The van der Waals surface area contributed by atoms with E-state index in [0.29, 0.717) is 0 Å². The van der Waals surface area contributed by atoms with Gasteiger partial charge < -0.3 is 10.1 Å². The average Bonchev–Trinajstić information content (AvgIpc) is 1.97. The summed E-state index contributed by atoms with van der Waals surface area (Å²) in [6.45, 7) is 12.3. The van der Waals surface area contributed by atoms with Crippen molar-refractivity contribution in [3.05, 3.63) is 0 Å². The van der Waals surface area contributed by atoms with Gasteiger partial charge in [-0.3, -0.25) is 4.79 Å². The SMILES string of the molecule is CC(=O)C(C)C(C)(C)NC(=O)OC(C)(C)C. The molecule has 0 heterocycles. The van der Waals surface area contributed by atoms with E-state index in [1.54, 1.807) is 27.7 Å². The van der Waals surface area contributed by atoms with Crippen molar-refractivity contribution in [3.8, 4) is 0 Å². The number of hydrogen-bond donors (Lipinski definition) is 1. The van der Waals surface area contributed by atoms with E-state index in [1.165, 1.54) is 6.92 Å². The molecule has 0 saturated heterocycles. The molecule has 94 valence electrons. The van der Waals surface area contributed by atoms with Crippen LogP contribution in [0.25, 0.3) is 0 Å². The van der Waals surface area contributed by atoms with Crippen molar-refractivity contribution < 1.29 is 14.3 Å². The van der Waals surface area contributed by atoms with Crippen molar-refractivity contribution in [3.63, 3.8) is 0 Å². The number of carbonyl (C=O) groups is 2. The lowest BCUT2D eigenvalue weighted by Crippen LogP contribution is -2.51. The molecule has 0 aliphatic rings. The number of rotatable bonds is 3. The van der Waals surface area contributed by atoms with Crippen LogP contribution >= 0.6 is 0 Å². The topological polar surface area (TPSA) is 55.4 Å². The molecule has 0 spiro atoms. The monoisotopic (exact) mass is 229 g/mol. The summed E-state index contributed by atoms with van der Waals surface area (Å²) in [5.74, 6) is -0.207. The Morgan fingerprint density at radius 3 is 1.88 bits per heavy atom. The van der Waals surface area contributed by atoms with Gasteiger partial charge in [0.1, 0.15) is 11.4 Å². The van der Waals surface area contributed by atoms with E-state index in [0.717, 1.165) is 0 Å². The molecule has 0 aliphatic heterocycles. The zero-order valence-electron chi connectivity index (χ0n) is 11.3. The Bertz CT molecular complexity index is 276. The first-order chi connectivity index (χ1) is 6.96. The number of alkyl carbamates (subject to hydrolysis) is 1. The van der Waals surface area contributed by atoms with Gasteiger partial charge in [0.05, 0.1) is 0 Å². The van der Waals surface area contributed by atoms with Gasteiger partial charge in [0.15, 0.2) is 0 Å². The third kappa shape index (κ3) is 5.14. The summed E-state index contributed by atoms with van der Waals surface area (Å²) < 4.78 is 5.14. The fourth-order valence-corrected chi connectivity index (χ4v) is 1.18. The fourth-order valence-electron chi connectivity index (χ4n) is 1.18. The second-order valence-electron chi connectivity index (χ2n) is 5.68. The highest BCUT2D eigenvalue weighted by Gasteiger charge is 2.32. The largest absolute Gasteiger partial charge is 0.444 e. The number of ether oxygens (including phenoxy) is 1. The van der Waals surface area contributed by atoms with Crippen molar-refractivity contribution in [1.29, 1.82) is 0 Å². The van der Waals surface area contributed by atoms with E-state index < -0.39 is 17.2 Å². The molecule has 0 aromatic carbocycles. The van der Waals surface area contributed by atoms with Crippen LogP contribution < -0.4 is 5.32 Å². The maximum absolute atomic E-state index is 11.6. The van der Waals surface area contributed by atoms with Crippen LogP contribution in [0.2, 0.25) is 0 Å². The molecule has 0 aliphatic carbocycles. The molecular formula is C12H23NO3. The molecule has 1 unspecified atom stereocenters. The fraction of sp³-hybridized carbons (Fsp3) is 0.833. The van der Waals surface area contributed by atoms with Crippen molar-refractivity contribution in [1.82, 2.24) is 5.32 Å². The van der Waals surface area contributed by atoms with Crippen molar-refractivity contribution in [2.75, 3.05) is 0 Å². The molecule has 4 nitrogen and oxygen atoms in total. The maximum Gasteiger partial charge on any atom is 0.408 e. The van der Waals surface area contributed by atoms with E-state index in [9.17, 15) is 9.59 Å². The van der Waals surface area contributed by atoms with E-state index in [4.69, 9.17) is 4.74 Å². The Kier molecular flexibility index (Phi) is 4.53. The highest BCUT2D eigenvalue weighted by atomic mass is 16.6. The molecule has 1 atom stereocenters. The van der Waals surface area contributed by atoms with Gasteiger partial charge in [-0.05, 0) is 41.5 Å². The summed E-state index contributed by atoms with van der Waals surface area (Å²) in [7, 11) is 0. The van der Waals surface area contributed by atoms with Gasteiger partial charge in [-0.25, -0.2) is 4.79 Å².